The van der Waals surface area contributed by atoms with Crippen molar-refractivity contribution in [1.29, 1.82) is 0 Å². The Hall–Kier alpha value is -1.02. The van der Waals surface area contributed by atoms with Gasteiger partial charge in [0.2, 0.25) is 0 Å². The molecule has 3 atom stereocenters. The highest BCUT2D eigenvalue weighted by molar-refractivity contribution is 5.44. The van der Waals surface area contributed by atoms with Gasteiger partial charge in [0, 0.05) is 18.1 Å². The summed E-state index contributed by atoms with van der Waals surface area (Å²) in [6.07, 6.45) is 10.5. The Kier molecular flexibility index (Phi) is 3.45. The number of likely N-dealkylation sites (tertiary alicyclic amines) is 1. The van der Waals surface area contributed by atoms with Crippen LogP contribution < -0.4 is 0 Å². The van der Waals surface area contributed by atoms with Gasteiger partial charge in [-0.3, -0.25) is 4.90 Å². The molecular weight excluding hydrogens is 258 g/mol. The SMILES string of the molecule is CC1CCC2c3cccc(O)c3CCC2N1C1CCCC1. The van der Waals surface area contributed by atoms with Gasteiger partial charge in [-0.05, 0) is 68.6 Å². The Balaban J connectivity index is 1.68. The quantitative estimate of drug-likeness (QED) is 0.835. The smallest absolute Gasteiger partial charge is 0.119 e. The highest BCUT2D eigenvalue weighted by Gasteiger charge is 2.42. The van der Waals surface area contributed by atoms with E-state index in [9.17, 15) is 5.11 Å². The third-order valence-corrected chi connectivity index (χ3v) is 6.28. The molecule has 1 aromatic rings. The fourth-order valence-corrected chi connectivity index (χ4v) is 5.35. The van der Waals surface area contributed by atoms with E-state index in [-0.39, 0.29) is 0 Å². The summed E-state index contributed by atoms with van der Waals surface area (Å²) in [4.78, 5) is 2.88. The van der Waals surface area contributed by atoms with Crippen molar-refractivity contribution in [3.63, 3.8) is 0 Å². The first-order valence-electron chi connectivity index (χ1n) is 8.84. The number of benzene rings is 1. The van der Waals surface area contributed by atoms with Gasteiger partial charge < -0.3 is 5.11 Å². The first kappa shape index (κ1) is 13.6. The molecule has 114 valence electrons. The molecule has 2 heteroatoms. The topological polar surface area (TPSA) is 23.5 Å². The van der Waals surface area contributed by atoms with Crippen LogP contribution in [0.25, 0.3) is 0 Å². The first-order valence-corrected chi connectivity index (χ1v) is 8.84. The second-order valence-electron chi connectivity index (χ2n) is 7.37. The minimum absolute atomic E-state index is 0.525. The fourth-order valence-electron chi connectivity index (χ4n) is 5.35. The number of fused-ring (bicyclic) bond motifs is 3. The minimum Gasteiger partial charge on any atom is -0.508 e. The van der Waals surface area contributed by atoms with Gasteiger partial charge in [-0.1, -0.05) is 25.0 Å². The van der Waals surface area contributed by atoms with Crippen LogP contribution in [0.2, 0.25) is 0 Å². The van der Waals surface area contributed by atoms with E-state index in [0.29, 0.717) is 17.7 Å². The van der Waals surface area contributed by atoms with Crippen molar-refractivity contribution in [3.05, 3.63) is 29.3 Å². The molecule has 3 unspecified atom stereocenters. The van der Waals surface area contributed by atoms with Gasteiger partial charge in [0.1, 0.15) is 5.75 Å². The molecule has 1 heterocycles. The number of rotatable bonds is 1. The average molecular weight is 285 g/mol. The molecule has 1 N–H and O–H groups in total. The van der Waals surface area contributed by atoms with E-state index in [1.165, 1.54) is 56.1 Å². The predicted molar refractivity (Wildman–Crippen MR) is 85.7 cm³/mol. The summed E-state index contributed by atoms with van der Waals surface area (Å²) < 4.78 is 0. The zero-order valence-corrected chi connectivity index (χ0v) is 13.1. The van der Waals surface area contributed by atoms with Crippen LogP contribution in [0.3, 0.4) is 0 Å². The van der Waals surface area contributed by atoms with Crippen molar-refractivity contribution in [2.24, 2.45) is 0 Å². The van der Waals surface area contributed by atoms with Crippen LogP contribution in [0, 0.1) is 0 Å². The van der Waals surface area contributed by atoms with Crippen LogP contribution in [0.4, 0.5) is 0 Å². The van der Waals surface area contributed by atoms with Gasteiger partial charge in [0.05, 0.1) is 0 Å². The monoisotopic (exact) mass is 285 g/mol. The first-order chi connectivity index (χ1) is 10.3. The molecule has 2 fully saturated rings. The number of phenolic OH excluding ortho intramolecular Hbond substituents is 1. The van der Waals surface area contributed by atoms with Crippen molar-refractivity contribution in [2.75, 3.05) is 0 Å². The van der Waals surface area contributed by atoms with Crippen molar-refractivity contribution >= 4 is 0 Å². The maximum Gasteiger partial charge on any atom is 0.119 e. The lowest BCUT2D eigenvalue weighted by Gasteiger charge is -2.51. The molecule has 1 aromatic carbocycles. The second-order valence-corrected chi connectivity index (χ2v) is 7.37. The molecule has 3 aliphatic rings. The summed E-state index contributed by atoms with van der Waals surface area (Å²) in [5, 5.41) is 10.2. The molecule has 0 bridgehead atoms. The van der Waals surface area contributed by atoms with Crippen LogP contribution >= 0.6 is 0 Å². The third kappa shape index (κ3) is 2.19. The lowest BCUT2D eigenvalue weighted by atomic mass is 9.72. The van der Waals surface area contributed by atoms with E-state index in [1.54, 1.807) is 0 Å². The van der Waals surface area contributed by atoms with Crippen molar-refractivity contribution in [3.8, 4) is 5.75 Å². The number of phenols is 1. The van der Waals surface area contributed by atoms with E-state index < -0.39 is 0 Å². The highest BCUT2D eigenvalue weighted by atomic mass is 16.3. The van der Waals surface area contributed by atoms with Crippen LogP contribution in [-0.4, -0.2) is 28.1 Å². The zero-order chi connectivity index (χ0) is 14.4. The molecule has 2 aliphatic carbocycles. The Bertz CT molecular complexity index is 520. The summed E-state index contributed by atoms with van der Waals surface area (Å²) in [6.45, 7) is 2.44. The Morgan fingerprint density at radius 2 is 1.86 bits per heavy atom. The van der Waals surface area contributed by atoms with Gasteiger partial charge in [0.25, 0.3) is 0 Å². The number of nitrogens with zero attached hydrogens (tertiary/aromatic N) is 1. The molecule has 0 radical (unpaired) electrons. The summed E-state index contributed by atoms with van der Waals surface area (Å²) in [7, 11) is 0. The summed E-state index contributed by atoms with van der Waals surface area (Å²) in [6, 6.07) is 8.45. The molecule has 2 nitrogen and oxygen atoms in total. The molecule has 0 spiro atoms. The van der Waals surface area contributed by atoms with Crippen LogP contribution in [0.1, 0.15) is 68.9 Å². The summed E-state index contributed by atoms with van der Waals surface area (Å²) in [5.74, 6) is 1.18. The molecule has 21 heavy (non-hydrogen) atoms. The Labute approximate surface area is 128 Å². The Morgan fingerprint density at radius 1 is 1.05 bits per heavy atom. The van der Waals surface area contributed by atoms with Crippen LogP contribution in [0.15, 0.2) is 18.2 Å². The van der Waals surface area contributed by atoms with Gasteiger partial charge in [0.15, 0.2) is 0 Å². The van der Waals surface area contributed by atoms with Crippen molar-refractivity contribution in [2.45, 2.75) is 82.3 Å². The number of hydrogen-bond acceptors (Lipinski definition) is 2. The lowest BCUT2D eigenvalue weighted by Crippen LogP contribution is -2.54. The van der Waals surface area contributed by atoms with Crippen molar-refractivity contribution in [1.82, 2.24) is 4.90 Å². The van der Waals surface area contributed by atoms with Crippen LogP contribution in [0.5, 0.6) is 5.75 Å². The standard InChI is InChI=1S/C19H27NO/c1-13-9-10-16-15-7-4-8-19(21)17(15)11-12-18(16)20(13)14-5-2-3-6-14/h4,7-8,13-14,16,18,21H,2-3,5-6,9-12H2,1H3. The molecule has 0 amide bonds. The zero-order valence-electron chi connectivity index (χ0n) is 13.1. The molecule has 1 aliphatic heterocycles. The normalized spacial score (nSPS) is 33.7. The lowest BCUT2D eigenvalue weighted by molar-refractivity contribution is 0.0250. The Morgan fingerprint density at radius 3 is 2.67 bits per heavy atom. The van der Waals surface area contributed by atoms with Gasteiger partial charge in [-0.15, -0.1) is 0 Å². The molecule has 1 saturated heterocycles. The molecular formula is C19H27NO. The van der Waals surface area contributed by atoms with E-state index in [2.05, 4.69) is 17.9 Å². The minimum atomic E-state index is 0.525. The highest BCUT2D eigenvalue weighted by Crippen LogP contribution is 2.46. The van der Waals surface area contributed by atoms with Gasteiger partial charge in [-0.2, -0.15) is 0 Å². The fraction of sp³-hybridized carbons (Fsp3) is 0.684. The summed E-state index contributed by atoms with van der Waals surface area (Å²) >= 11 is 0. The predicted octanol–water partition coefficient (Wildman–Crippen LogP) is 4.22. The van der Waals surface area contributed by atoms with Gasteiger partial charge in [-0.25, -0.2) is 0 Å². The van der Waals surface area contributed by atoms with Gasteiger partial charge >= 0.3 is 0 Å². The van der Waals surface area contributed by atoms with Crippen molar-refractivity contribution < 1.29 is 5.11 Å². The molecule has 0 aromatic heterocycles. The average Bonchev–Trinajstić information content (AvgIpc) is 3.01. The maximum atomic E-state index is 10.2. The largest absolute Gasteiger partial charge is 0.508 e. The third-order valence-electron chi connectivity index (χ3n) is 6.28. The van der Waals surface area contributed by atoms with Crippen LogP contribution in [-0.2, 0) is 6.42 Å². The number of piperidine rings is 1. The van der Waals surface area contributed by atoms with E-state index in [0.717, 1.165) is 18.5 Å². The molecule has 4 rings (SSSR count). The number of aromatic hydroxyl groups is 1. The van der Waals surface area contributed by atoms with E-state index in [1.807, 2.05) is 12.1 Å². The number of hydrogen-bond donors (Lipinski definition) is 1. The maximum absolute atomic E-state index is 10.2. The second kappa shape index (κ2) is 5.31. The van der Waals surface area contributed by atoms with E-state index in [4.69, 9.17) is 0 Å². The molecule has 1 saturated carbocycles. The van der Waals surface area contributed by atoms with E-state index >= 15 is 0 Å². The summed E-state index contributed by atoms with van der Waals surface area (Å²) in [5.41, 5.74) is 2.68.